The van der Waals surface area contributed by atoms with Crippen molar-refractivity contribution in [3.63, 3.8) is 0 Å². The molecule has 0 aliphatic carbocycles. The van der Waals surface area contributed by atoms with Crippen molar-refractivity contribution in [1.29, 1.82) is 0 Å². The standard InChI is InChI=1S/C13H8ClNO/c14-10-5-6-12-9(13(10)16)7-8-3-1-2-4-11(8)15-12/h1-7,16H. The Morgan fingerprint density at radius 3 is 2.69 bits per heavy atom. The minimum absolute atomic E-state index is 0.0948. The Morgan fingerprint density at radius 1 is 1.00 bits per heavy atom. The van der Waals surface area contributed by atoms with Gasteiger partial charge in [0, 0.05) is 10.8 Å². The van der Waals surface area contributed by atoms with Crippen LogP contribution in [0.15, 0.2) is 42.5 Å². The van der Waals surface area contributed by atoms with E-state index in [9.17, 15) is 5.11 Å². The predicted octanol–water partition coefficient (Wildman–Crippen LogP) is 3.75. The van der Waals surface area contributed by atoms with Crippen molar-refractivity contribution in [3.8, 4) is 5.75 Å². The number of aromatic hydroxyl groups is 1. The lowest BCUT2D eigenvalue weighted by molar-refractivity contribution is 0.482. The van der Waals surface area contributed by atoms with Crippen LogP contribution >= 0.6 is 11.6 Å². The Morgan fingerprint density at radius 2 is 1.81 bits per heavy atom. The first-order valence-electron chi connectivity index (χ1n) is 4.93. The highest BCUT2D eigenvalue weighted by molar-refractivity contribution is 6.33. The van der Waals surface area contributed by atoms with E-state index in [4.69, 9.17) is 11.6 Å². The molecule has 0 radical (unpaired) electrons. The molecule has 16 heavy (non-hydrogen) atoms. The number of halogens is 1. The average Bonchev–Trinajstić information content (AvgIpc) is 2.32. The van der Waals surface area contributed by atoms with Gasteiger partial charge in [0.25, 0.3) is 0 Å². The van der Waals surface area contributed by atoms with Crippen molar-refractivity contribution in [2.75, 3.05) is 0 Å². The SMILES string of the molecule is Oc1c(Cl)ccc2nc3ccccc3cc12. The Balaban J connectivity index is 2.51. The minimum atomic E-state index is 0.0948. The first-order chi connectivity index (χ1) is 7.75. The van der Waals surface area contributed by atoms with Crippen LogP contribution in [0, 0.1) is 0 Å². The zero-order chi connectivity index (χ0) is 11.1. The van der Waals surface area contributed by atoms with Gasteiger partial charge < -0.3 is 5.11 Å². The molecule has 0 spiro atoms. The minimum Gasteiger partial charge on any atom is -0.506 e. The molecule has 78 valence electrons. The average molecular weight is 230 g/mol. The van der Waals surface area contributed by atoms with Crippen LogP contribution in [0.5, 0.6) is 5.75 Å². The summed E-state index contributed by atoms with van der Waals surface area (Å²) in [6, 6.07) is 13.2. The third-order valence-corrected chi connectivity index (χ3v) is 2.93. The molecular formula is C13H8ClNO. The highest BCUT2D eigenvalue weighted by Crippen LogP contribution is 2.32. The lowest BCUT2D eigenvalue weighted by Gasteiger charge is -2.04. The van der Waals surface area contributed by atoms with Crippen molar-refractivity contribution in [1.82, 2.24) is 4.98 Å². The van der Waals surface area contributed by atoms with Crippen LogP contribution in [0.25, 0.3) is 21.8 Å². The first-order valence-corrected chi connectivity index (χ1v) is 5.30. The van der Waals surface area contributed by atoms with Crippen LogP contribution in [-0.4, -0.2) is 10.1 Å². The fraction of sp³-hybridized carbons (Fsp3) is 0. The number of phenolic OH excluding ortho intramolecular Hbond substituents is 1. The number of rotatable bonds is 0. The Hall–Kier alpha value is -1.80. The monoisotopic (exact) mass is 229 g/mol. The summed E-state index contributed by atoms with van der Waals surface area (Å²) >= 11 is 5.86. The maximum absolute atomic E-state index is 9.85. The van der Waals surface area contributed by atoms with Crippen LogP contribution in [0.4, 0.5) is 0 Å². The van der Waals surface area contributed by atoms with Gasteiger partial charge in [0.05, 0.1) is 16.1 Å². The smallest absolute Gasteiger partial charge is 0.143 e. The van der Waals surface area contributed by atoms with E-state index in [1.165, 1.54) is 0 Å². The normalized spacial score (nSPS) is 11.1. The number of hydrogen-bond donors (Lipinski definition) is 1. The summed E-state index contributed by atoms with van der Waals surface area (Å²) < 4.78 is 0. The van der Waals surface area contributed by atoms with Crippen LogP contribution in [-0.2, 0) is 0 Å². The molecule has 1 aromatic heterocycles. The van der Waals surface area contributed by atoms with Gasteiger partial charge in [-0.1, -0.05) is 29.8 Å². The summed E-state index contributed by atoms with van der Waals surface area (Å²) in [5.41, 5.74) is 1.66. The summed E-state index contributed by atoms with van der Waals surface area (Å²) in [5.74, 6) is 0.0948. The van der Waals surface area contributed by atoms with Crippen molar-refractivity contribution in [2.24, 2.45) is 0 Å². The third-order valence-electron chi connectivity index (χ3n) is 2.62. The van der Waals surface area contributed by atoms with Crippen molar-refractivity contribution >= 4 is 33.4 Å². The zero-order valence-corrected chi connectivity index (χ0v) is 9.07. The molecule has 0 aliphatic heterocycles. The summed E-state index contributed by atoms with van der Waals surface area (Å²) in [6.45, 7) is 0. The molecule has 0 bridgehead atoms. The number of hydrogen-bond acceptors (Lipinski definition) is 2. The number of aromatic nitrogens is 1. The number of fused-ring (bicyclic) bond motifs is 2. The van der Waals surface area contributed by atoms with E-state index in [2.05, 4.69) is 4.98 Å². The van der Waals surface area contributed by atoms with Crippen LogP contribution in [0.3, 0.4) is 0 Å². The number of pyridine rings is 1. The molecule has 1 N–H and O–H groups in total. The Bertz CT molecular complexity index is 694. The molecule has 0 atom stereocenters. The molecule has 0 saturated heterocycles. The van der Waals surface area contributed by atoms with Gasteiger partial charge in [0.15, 0.2) is 0 Å². The molecule has 2 aromatic carbocycles. The lowest BCUT2D eigenvalue weighted by atomic mass is 10.1. The molecule has 0 aliphatic rings. The van der Waals surface area contributed by atoms with E-state index in [1.54, 1.807) is 6.07 Å². The Labute approximate surface area is 97.1 Å². The molecule has 0 fully saturated rings. The molecule has 3 heteroatoms. The van der Waals surface area contributed by atoms with Gasteiger partial charge in [-0.25, -0.2) is 4.98 Å². The molecule has 0 saturated carbocycles. The molecule has 2 nitrogen and oxygen atoms in total. The van der Waals surface area contributed by atoms with E-state index in [0.717, 1.165) is 16.4 Å². The number of benzene rings is 2. The van der Waals surface area contributed by atoms with Gasteiger partial charge in [0.1, 0.15) is 5.75 Å². The first kappa shape index (κ1) is 9.43. The summed E-state index contributed by atoms with van der Waals surface area (Å²) in [5, 5.41) is 11.9. The molecule has 3 rings (SSSR count). The van der Waals surface area contributed by atoms with Crippen LogP contribution in [0.2, 0.25) is 5.02 Å². The molecular weight excluding hydrogens is 222 g/mol. The zero-order valence-electron chi connectivity index (χ0n) is 8.31. The molecule has 0 amide bonds. The molecule has 1 heterocycles. The molecule has 0 unspecified atom stereocenters. The van der Waals surface area contributed by atoms with Gasteiger partial charge in [-0.2, -0.15) is 0 Å². The van der Waals surface area contributed by atoms with Gasteiger partial charge >= 0.3 is 0 Å². The number of nitrogens with zero attached hydrogens (tertiary/aromatic N) is 1. The highest BCUT2D eigenvalue weighted by atomic mass is 35.5. The van der Waals surface area contributed by atoms with E-state index in [1.807, 2.05) is 36.4 Å². The summed E-state index contributed by atoms with van der Waals surface area (Å²) in [4.78, 5) is 4.46. The predicted molar refractivity (Wildman–Crippen MR) is 65.9 cm³/mol. The quantitative estimate of drug-likeness (QED) is 0.596. The maximum atomic E-state index is 9.85. The van der Waals surface area contributed by atoms with Crippen molar-refractivity contribution < 1.29 is 5.11 Å². The highest BCUT2D eigenvalue weighted by Gasteiger charge is 2.06. The van der Waals surface area contributed by atoms with E-state index < -0.39 is 0 Å². The van der Waals surface area contributed by atoms with Crippen LogP contribution in [0.1, 0.15) is 0 Å². The third kappa shape index (κ3) is 1.31. The second-order valence-electron chi connectivity index (χ2n) is 3.64. The summed E-state index contributed by atoms with van der Waals surface area (Å²) in [6.07, 6.45) is 0. The fourth-order valence-electron chi connectivity index (χ4n) is 1.81. The second-order valence-corrected chi connectivity index (χ2v) is 4.05. The van der Waals surface area contributed by atoms with Gasteiger partial charge in [-0.05, 0) is 24.3 Å². The maximum Gasteiger partial charge on any atom is 0.143 e. The van der Waals surface area contributed by atoms with Crippen LogP contribution < -0.4 is 0 Å². The van der Waals surface area contributed by atoms with E-state index >= 15 is 0 Å². The second kappa shape index (κ2) is 3.35. The van der Waals surface area contributed by atoms with Crippen molar-refractivity contribution in [2.45, 2.75) is 0 Å². The van der Waals surface area contributed by atoms with Crippen molar-refractivity contribution in [3.05, 3.63) is 47.5 Å². The fourth-order valence-corrected chi connectivity index (χ4v) is 1.97. The Kier molecular flexibility index (Phi) is 1.98. The largest absolute Gasteiger partial charge is 0.506 e. The van der Waals surface area contributed by atoms with E-state index in [0.29, 0.717) is 10.4 Å². The van der Waals surface area contributed by atoms with E-state index in [-0.39, 0.29) is 5.75 Å². The number of phenols is 1. The number of para-hydroxylation sites is 1. The van der Waals surface area contributed by atoms with Gasteiger partial charge in [-0.15, -0.1) is 0 Å². The summed E-state index contributed by atoms with van der Waals surface area (Å²) in [7, 11) is 0. The molecule has 3 aromatic rings. The lowest BCUT2D eigenvalue weighted by Crippen LogP contribution is -1.83. The topological polar surface area (TPSA) is 33.1 Å². The van der Waals surface area contributed by atoms with Gasteiger partial charge in [-0.3, -0.25) is 0 Å². The van der Waals surface area contributed by atoms with Gasteiger partial charge in [0.2, 0.25) is 0 Å².